The summed E-state index contributed by atoms with van der Waals surface area (Å²) in [6.07, 6.45) is -1.41. The molecule has 2 aliphatic heterocycles. The Morgan fingerprint density at radius 3 is 2.74 bits per heavy atom. The fraction of sp³-hybridized carbons (Fsp3) is 0.444. The number of sulfonamides is 1. The number of carbonyl (C=O) groups excluding carboxylic acids is 2. The van der Waals surface area contributed by atoms with E-state index in [4.69, 9.17) is 10.5 Å². The molecular weight excluding hydrogens is 434 g/mol. The molecule has 1 aromatic rings. The molecule has 1 saturated heterocycles. The van der Waals surface area contributed by atoms with Gasteiger partial charge in [0.05, 0.1) is 35.3 Å². The van der Waals surface area contributed by atoms with E-state index < -0.39 is 69.1 Å². The van der Waals surface area contributed by atoms with Crippen molar-refractivity contribution in [1.29, 1.82) is 10.5 Å². The van der Waals surface area contributed by atoms with E-state index in [2.05, 4.69) is 16.0 Å². The number of nitrogens with zero attached hydrogens (tertiary/aromatic N) is 3. The van der Waals surface area contributed by atoms with Gasteiger partial charge in [0.2, 0.25) is 5.91 Å². The summed E-state index contributed by atoms with van der Waals surface area (Å²) < 4.78 is 54.3. The van der Waals surface area contributed by atoms with Gasteiger partial charge in [-0.3, -0.25) is 4.79 Å². The zero-order chi connectivity index (χ0) is 22.9. The summed E-state index contributed by atoms with van der Waals surface area (Å²) in [5.41, 5.74) is -0.587. The minimum atomic E-state index is -4.71. The molecule has 0 spiro atoms. The Hall–Kier alpha value is -3.29. The van der Waals surface area contributed by atoms with Gasteiger partial charge in [-0.15, -0.1) is 0 Å². The molecule has 2 heterocycles. The molecule has 0 saturated carbocycles. The minimum absolute atomic E-state index is 0.00195. The number of piperidine rings is 1. The number of nitriles is 2. The van der Waals surface area contributed by atoms with Crippen molar-refractivity contribution in [3.8, 4) is 12.1 Å². The van der Waals surface area contributed by atoms with Crippen LogP contribution in [0.2, 0.25) is 0 Å². The fourth-order valence-electron chi connectivity index (χ4n) is 3.58. The number of urea groups is 1. The third kappa shape index (κ3) is 4.28. The van der Waals surface area contributed by atoms with Crippen LogP contribution in [0.4, 0.5) is 19.3 Å². The maximum Gasteiger partial charge on any atom is 0.336 e. The lowest BCUT2D eigenvalue weighted by atomic mass is 9.90. The van der Waals surface area contributed by atoms with E-state index in [0.29, 0.717) is 6.07 Å². The lowest BCUT2D eigenvalue weighted by Crippen LogP contribution is -2.58. The number of hydrogen-bond acceptors (Lipinski definition) is 7. The number of halogens is 2. The van der Waals surface area contributed by atoms with Crippen molar-refractivity contribution in [1.82, 2.24) is 14.9 Å². The minimum Gasteiger partial charge on any atom is -0.350 e. The van der Waals surface area contributed by atoms with Gasteiger partial charge in [0.1, 0.15) is 23.4 Å². The first-order valence-electron chi connectivity index (χ1n) is 9.22. The van der Waals surface area contributed by atoms with Gasteiger partial charge in [0, 0.05) is 12.6 Å². The summed E-state index contributed by atoms with van der Waals surface area (Å²) in [7, 11) is -4.71. The number of fused-ring (bicyclic) bond motifs is 1. The van der Waals surface area contributed by atoms with Crippen molar-refractivity contribution in [2.24, 2.45) is 5.92 Å². The molecule has 3 N–H and O–H groups in total. The van der Waals surface area contributed by atoms with Crippen LogP contribution in [0.3, 0.4) is 0 Å². The van der Waals surface area contributed by atoms with Crippen LogP contribution >= 0.6 is 0 Å². The van der Waals surface area contributed by atoms with Crippen molar-refractivity contribution in [2.75, 3.05) is 18.4 Å². The Kier molecular flexibility index (Phi) is 6.10. The molecule has 3 unspecified atom stereocenters. The molecule has 164 valence electrons. The van der Waals surface area contributed by atoms with Crippen molar-refractivity contribution >= 4 is 27.6 Å². The van der Waals surface area contributed by atoms with Crippen molar-refractivity contribution in [2.45, 2.75) is 36.5 Å². The molecule has 3 amide bonds. The average molecular weight is 452 g/mol. The number of rotatable bonds is 4. The molecule has 3 rings (SSSR count). The molecular formula is C18H18F2N6O4S. The average Bonchev–Trinajstić information content (AvgIpc) is 2.69. The zero-order valence-corrected chi connectivity index (χ0v) is 17.0. The summed E-state index contributed by atoms with van der Waals surface area (Å²) in [4.78, 5) is 23.8. The normalized spacial score (nSPS) is 25.4. The van der Waals surface area contributed by atoms with Crippen LogP contribution in [0.15, 0.2) is 17.0 Å². The molecule has 1 fully saturated rings. The van der Waals surface area contributed by atoms with Gasteiger partial charge in [0.15, 0.2) is 0 Å². The lowest BCUT2D eigenvalue weighted by molar-refractivity contribution is -0.121. The van der Waals surface area contributed by atoms with Gasteiger partial charge in [-0.25, -0.2) is 26.3 Å². The number of amides is 3. The van der Waals surface area contributed by atoms with Gasteiger partial charge in [-0.1, -0.05) is 0 Å². The first-order valence-corrected chi connectivity index (χ1v) is 10.7. The topological polar surface area (TPSA) is 155 Å². The molecule has 1 aromatic carbocycles. The van der Waals surface area contributed by atoms with Crippen LogP contribution in [-0.2, 0) is 14.8 Å². The molecule has 0 bridgehead atoms. The Balaban J connectivity index is 1.74. The number of alkyl halides is 1. The smallest absolute Gasteiger partial charge is 0.336 e. The standard InChI is InChI=1S/C18H18F2N6O4S/c1-9(16-12(19)3-11(6-22)7-23-16)24-15(27)8-26-18(28)25-14-4-10(5-21)2-13(20)17(14)31(26,29)30/h2,4,9,11-12,16,23H,3,7-8H2,1H3,(H,24,27)(H,25,28)/t9-,11?,12?,16?/m1/s1. The second kappa shape index (κ2) is 8.45. The quantitative estimate of drug-likeness (QED) is 0.603. The van der Waals surface area contributed by atoms with E-state index in [1.807, 2.05) is 6.07 Å². The summed E-state index contributed by atoms with van der Waals surface area (Å²) in [6, 6.07) is 2.56. The van der Waals surface area contributed by atoms with Crippen LogP contribution in [-0.4, -0.2) is 56.0 Å². The number of nitrogens with one attached hydrogen (secondary N) is 3. The monoisotopic (exact) mass is 452 g/mol. The summed E-state index contributed by atoms with van der Waals surface area (Å²) in [6.45, 7) is 0.783. The van der Waals surface area contributed by atoms with E-state index in [9.17, 15) is 26.8 Å². The van der Waals surface area contributed by atoms with Gasteiger partial charge in [-0.2, -0.15) is 10.5 Å². The van der Waals surface area contributed by atoms with E-state index in [1.165, 1.54) is 6.92 Å². The Morgan fingerprint density at radius 1 is 1.42 bits per heavy atom. The predicted octanol–water partition coefficient (Wildman–Crippen LogP) is 0.578. The molecule has 0 aromatic heterocycles. The summed E-state index contributed by atoms with van der Waals surface area (Å²) in [5.74, 6) is -2.64. The van der Waals surface area contributed by atoms with Crippen molar-refractivity contribution in [3.63, 3.8) is 0 Å². The van der Waals surface area contributed by atoms with E-state index in [1.54, 1.807) is 6.07 Å². The zero-order valence-electron chi connectivity index (χ0n) is 16.2. The largest absolute Gasteiger partial charge is 0.350 e. The molecule has 0 aliphatic carbocycles. The first-order chi connectivity index (χ1) is 14.6. The Bertz CT molecular complexity index is 1110. The summed E-state index contributed by atoms with van der Waals surface area (Å²) >= 11 is 0. The molecule has 4 atom stereocenters. The van der Waals surface area contributed by atoms with E-state index >= 15 is 0 Å². The highest BCUT2D eigenvalue weighted by Gasteiger charge is 2.41. The van der Waals surface area contributed by atoms with E-state index in [0.717, 1.165) is 6.07 Å². The molecule has 2 aliphatic rings. The number of carbonyl (C=O) groups is 2. The second-order valence-corrected chi connectivity index (χ2v) is 9.06. The van der Waals surface area contributed by atoms with Gasteiger partial charge >= 0.3 is 6.03 Å². The van der Waals surface area contributed by atoms with Crippen LogP contribution in [0.5, 0.6) is 0 Å². The Labute approximate surface area is 176 Å². The predicted molar refractivity (Wildman–Crippen MR) is 102 cm³/mol. The SMILES string of the molecule is C[C@@H](NC(=O)CN1C(=O)Nc2cc(C#N)cc(F)c2S1(=O)=O)C1NCC(C#N)CC1F. The Morgan fingerprint density at radius 2 is 2.13 bits per heavy atom. The van der Waals surface area contributed by atoms with Crippen molar-refractivity contribution in [3.05, 3.63) is 23.5 Å². The molecule has 0 radical (unpaired) electrons. The lowest BCUT2D eigenvalue weighted by Gasteiger charge is -2.35. The number of hydrogen-bond donors (Lipinski definition) is 3. The van der Waals surface area contributed by atoms with E-state index in [-0.39, 0.29) is 22.8 Å². The maximum absolute atomic E-state index is 14.3. The summed E-state index contributed by atoms with van der Waals surface area (Å²) in [5, 5.41) is 25.2. The van der Waals surface area contributed by atoms with Gasteiger partial charge < -0.3 is 16.0 Å². The highest BCUT2D eigenvalue weighted by molar-refractivity contribution is 7.90. The maximum atomic E-state index is 14.3. The van der Waals surface area contributed by atoms with Gasteiger partial charge in [-0.05, 0) is 25.5 Å². The van der Waals surface area contributed by atoms with Crippen LogP contribution < -0.4 is 16.0 Å². The van der Waals surface area contributed by atoms with Crippen LogP contribution in [0, 0.1) is 34.4 Å². The molecule has 31 heavy (non-hydrogen) atoms. The number of benzene rings is 1. The van der Waals surface area contributed by atoms with Crippen LogP contribution in [0.1, 0.15) is 18.9 Å². The molecule has 10 nitrogen and oxygen atoms in total. The molecule has 13 heteroatoms. The third-order valence-corrected chi connectivity index (χ3v) is 6.89. The van der Waals surface area contributed by atoms with Crippen molar-refractivity contribution < 1.29 is 26.8 Å². The van der Waals surface area contributed by atoms with Gasteiger partial charge in [0.25, 0.3) is 10.0 Å². The number of anilines is 1. The van der Waals surface area contributed by atoms with Crippen LogP contribution in [0.25, 0.3) is 0 Å². The third-order valence-electron chi connectivity index (χ3n) is 5.09. The second-order valence-electron chi connectivity index (χ2n) is 7.26. The highest BCUT2D eigenvalue weighted by atomic mass is 32.2. The first kappa shape index (κ1) is 22.4. The highest BCUT2D eigenvalue weighted by Crippen LogP contribution is 2.33. The fourth-order valence-corrected chi connectivity index (χ4v) is 5.05.